The Labute approximate surface area is 104 Å². The second-order valence-corrected chi connectivity index (χ2v) is 5.22. The van der Waals surface area contributed by atoms with Gasteiger partial charge in [-0.1, -0.05) is 15.9 Å². The number of nitrogens with zero attached hydrogens (tertiary/aromatic N) is 1. The summed E-state index contributed by atoms with van der Waals surface area (Å²) < 4.78 is 0. The first-order chi connectivity index (χ1) is 7.72. The maximum Gasteiger partial charge on any atom is 0.242 e. The van der Waals surface area contributed by atoms with Gasteiger partial charge >= 0.3 is 0 Å². The lowest BCUT2D eigenvalue weighted by molar-refractivity contribution is -0.137. The highest BCUT2D eigenvalue weighted by molar-refractivity contribution is 9.09. The smallest absolute Gasteiger partial charge is 0.242 e. The fraction of sp³-hybridized carbons (Fsp3) is 0.818. The number of rotatable bonds is 2. The molecule has 1 N–H and O–H groups in total. The molecule has 2 aliphatic rings. The molecule has 0 aliphatic carbocycles. The molecule has 0 spiro atoms. The third kappa shape index (κ3) is 2.39. The van der Waals surface area contributed by atoms with Crippen LogP contribution in [0.2, 0.25) is 0 Å². The molecule has 2 aliphatic heterocycles. The van der Waals surface area contributed by atoms with Gasteiger partial charge in [0.05, 0.1) is 0 Å². The van der Waals surface area contributed by atoms with E-state index in [2.05, 4.69) is 21.2 Å². The van der Waals surface area contributed by atoms with Crippen LogP contribution < -0.4 is 5.32 Å². The molecule has 2 heterocycles. The van der Waals surface area contributed by atoms with Crippen molar-refractivity contribution in [3.63, 3.8) is 0 Å². The predicted molar refractivity (Wildman–Crippen MR) is 64.3 cm³/mol. The van der Waals surface area contributed by atoms with Gasteiger partial charge in [0, 0.05) is 24.8 Å². The van der Waals surface area contributed by atoms with Crippen molar-refractivity contribution < 1.29 is 9.59 Å². The summed E-state index contributed by atoms with van der Waals surface area (Å²) in [7, 11) is 0. The van der Waals surface area contributed by atoms with Crippen LogP contribution in [0.5, 0.6) is 0 Å². The van der Waals surface area contributed by atoms with Gasteiger partial charge in [-0.2, -0.15) is 0 Å². The van der Waals surface area contributed by atoms with Crippen molar-refractivity contribution in [2.45, 2.75) is 31.7 Å². The fourth-order valence-electron chi connectivity index (χ4n) is 2.43. The molecule has 0 aromatic carbocycles. The first-order valence-corrected chi connectivity index (χ1v) is 6.97. The first-order valence-electron chi connectivity index (χ1n) is 5.85. The summed E-state index contributed by atoms with van der Waals surface area (Å²) in [6.07, 6.45) is 3.43. The van der Waals surface area contributed by atoms with Gasteiger partial charge in [0.2, 0.25) is 11.8 Å². The molecule has 0 aromatic rings. The van der Waals surface area contributed by atoms with Gasteiger partial charge in [-0.25, -0.2) is 0 Å². The van der Waals surface area contributed by atoms with E-state index in [1.165, 1.54) is 0 Å². The molecule has 4 nitrogen and oxygen atoms in total. The third-order valence-corrected chi connectivity index (χ3v) is 4.25. The van der Waals surface area contributed by atoms with Crippen LogP contribution >= 0.6 is 15.9 Å². The number of halogens is 1. The number of hydrogen-bond donors (Lipinski definition) is 1. The summed E-state index contributed by atoms with van der Waals surface area (Å²) in [5, 5.41) is 3.72. The van der Waals surface area contributed by atoms with E-state index in [0.717, 1.165) is 37.7 Å². The van der Waals surface area contributed by atoms with Gasteiger partial charge in [-0.15, -0.1) is 0 Å². The summed E-state index contributed by atoms with van der Waals surface area (Å²) in [4.78, 5) is 25.4. The highest BCUT2D eigenvalue weighted by Gasteiger charge is 2.37. The molecular formula is C11H17BrN2O2. The zero-order chi connectivity index (χ0) is 11.5. The average molecular weight is 289 g/mol. The monoisotopic (exact) mass is 288 g/mol. The Morgan fingerprint density at radius 1 is 1.38 bits per heavy atom. The molecule has 16 heavy (non-hydrogen) atoms. The Balaban J connectivity index is 2.05. The molecule has 0 saturated carbocycles. The minimum atomic E-state index is -0.223. The minimum absolute atomic E-state index is 0.0288. The predicted octanol–water partition coefficient (Wildman–Crippen LogP) is 0.898. The maximum absolute atomic E-state index is 11.8. The zero-order valence-corrected chi connectivity index (χ0v) is 10.8. The van der Waals surface area contributed by atoms with Gasteiger partial charge < -0.3 is 10.2 Å². The Morgan fingerprint density at radius 2 is 2.19 bits per heavy atom. The van der Waals surface area contributed by atoms with Gasteiger partial charge in [-0.05, 0) is 25.2 Å². The number of carbonyl (C=O) groups is 2. The van der Waals surface area contributed by atoms with Crippen molar-refractivity contribution >= 4 is 27.7 Å². The van der Waals surface area contributed by atoms with Crippen molar-refractivity contribution in [1.29, 1.82) is 0 Å². The fourth-order valence-corrected chi connectivity index (χ4v) is 2.87. The minimum Gasteiger partial charge on any atom is -0.354 e. The molecule has 2 saturated heterocycles. The van der Waals surface area contributed by atoms with E-state index < -0.39 is 0 Å². The standard InChI is InChI=1S/C11H17BrN2O2/c12-6-8-5-10(15)14(7-8)9-3-1-2-4-13-11(9)16/h8-9H,1-7H2,(H,13,16). The van der Waals surface area contributed by atoms with Crippen molar-refractivity contribution in [3.8, 4) is 0 Å². The number of hydrogen-bond acceptors (Lipinski definition) is 2. The molecule has 2 atom stereocenters. The average Bonchev–Trinajstić information content (AvgIpc) is 2.51. The van der Waals surface area contributed by atoms with Crippen LogP contribution in [0.4, 0.5) is 0 Å². The quantitative estimate of drug-likeness (QED) is 0.768. The van der Waals surface area contributed by atoms with Crippen LogP contribution in [-0.2, 0) is 9.59 Å². The molecule has 5 heteroatoms. The second kappa shape index (κ2) is 5.17. The van der Waals surface area contributed by atoms with Gasteiger partial charge in [-0.3, -0.25) is 9.59 Å². The normalized spacial score (nSPS) is 31.4. The molecule has 2 amide bonds. The molecule has 90 valence electrons. The lowest BCUT2D eigenvalue weighted by Gasteiger charge is -2.25. The number of likely N-dealkylation sites (tertiary alicyclic amines) is 1. The lowest BCUT2D eigenvalue weighted by atomic mass is 10.1. The van der Waals surface area contributed by atoms with E-state index >= 15 is 0 Å². The molecule has 2 unspecified atom stereocenters. The maximum atomic E-state index is 11.8. The van der Waals surface area contributed by atoms with Crippen molar-refractivity contribution in [1.82, 2.24) is 10.2 Å². The van der Waals surface area contributed by atoms with Gasteiger partial charge in [0.15, 0.2) is 0 Å². The first kappa shape index (κ1) is 11.9. The molecule has 0 aromatic heterocycles. The molecule has 2 rings (SSSR count). The van der Waals surface area contributed by atoms with E-state index in [0.29, 0.717) is 12.3 Å². The topological polar surface area (TPSA) is 49.4 Å². The van der Waals surface area contributed by atoms with E-state index in [1.54, 1.807) is 4.90 Å². The number of alkyl halides is 1. The van der Waals surface area contributed by atoms with E-state index in [1.807, 2.05) is 0 Å². The van der Waals surface area contributed by atoms with Crippen LogP contribution in [0.25, 0.3) is 0 Å². The van der Waals surface area contributed by atoms with Gasteiger partial charge in [0.25, 0.3) is 0 Å². The molecule has 2 fully saturated rings. The number of carbonyl (C=O) groups excluding carboxylic acids is 2. The van der Waals surface area contributed by atoms with Crippen molar-refractivity contribution in [2.24, 2.45) is 5.92 Å². The SMILES string of the molecule is O=C1NCCCCC1N1CC(CBr)CC1=O. The Bertz CT molecular complexity index is 296. The Morgan fingerprint density at radius 3 is 2.88 bits per heavy atom. The third-order valence-electron chi connectivity index (χ3n) is 3.34. The number of nitrogens with one attached hydrogen (secondary N) is 1. The molecular weight excluding hydrogens is 272 g/mol. The summed E-state index contributed by atoms with van der Waals surface area (Å²) in [6.45, 7) is 1.47. The largest absolute Gasteiger partial charge is 0.354 e. The highest BCUT2D eigenvalue weighted by atomic mass is 79.9. The molecule has 0 radical (unpaired) electrons. The number of amides is 2. The van der Waals surface area contributed by atoms with E-state index in [-0.39, 0.29) is 17.9 Å². The lowest BCUT2D eigenvalue weighted by Crippen LogP contribution is -2.46. The van der Waals surface area contributed by atoms with E-state index in [9.17, 15) is 9.59 Å². The summed E-state index contributed by atoms with van der Waals surface area (Å²) in [6, 6.07) is -0.223. The van der Waals surface area contributed by atoms with Crippen LogP contribution in [0, 0.1) is 5.92 Å². The summed E-state index contributed by atoms with van der Waals surface area (Å²) >= 11 is 3.41. The Kier molecular flexibility index (Phi) is 3.84. The summed E-state index contributed by atoms with van der Waals surface area (Å²) in [5.41, 5.74) is 0. The second-order valence-electron chi connectivity index (χ2n) is 4.57. The van der Waals surface area contributed by atoms with E-state index in [4.69, 9.17) is 0 Å². The summed E-state index contributed by atoms with van der Waals surface area (Å²) in [5.74, 6) is 0.524. The zero-order valence-electron chi connectivity index (χ0n) is 9.25. The van der Waals surface area contributed by atoms with Crippen LogP contribution in [0.15, 0.2) is 0 Å². The van der Waals surface area contributed by atoms with Crippen molar-refractivity contribution in [2.75, 3.05) is 18.4 Å². The van der Waals surface area contributed by atoms with Crippen LogP contribution in [0.1, 0.15) is 25.7 Å². The highest BCUT2D eigenvalue weighted by Crippen LogP contribution is 2.24. The van der Waals surface area contributed by atoms with Crippen molar-refractivity contribution in [3.05, 3.63) is 0 Å². The van der Waals surface area contributed by atoms with Gasteiger partial charge in [0.1, 0.15) is 6.04 Å². The Hall–Kier alpha value is -0.580. The van der Waals surface area contributed by atoms with Crippen LogP contribution in [0.3, 0.4) is 0 Å². The van der Waals surface area contributed by atoms with Crippen LogP contribution in [-0.4, -0.2) is 41.2 Å². The molecule has 0 bridgehead atoms.